The molecule has 1 aromatic carbocycles. The maximum atomic E-state index is 6.15. The molecule has 5 heteroatoms. The van der Waals surface area contributed by atoms with Crippen molar-refractivity contribution in [1.82, 2.24) is 0 Å². The molecule has 1 heterocycles. The highest BCUT2D eigenvalue weighted by atomic mass is 29.9. The minimum atomic E-state index is -2.20. The van der Waals surface area contributed by atoms with E-state index in [4.69, 9.17) is 4.66 Å². The maximum absolute atomic E-state index is 6.15. The van der Waals surface area contributed by atoms with Crippen LogP contribution in [0.15, 0.2) is 35.0 Å². The Morgan fingerprint density at radius 2 is 0.889 bits per heavy atom. The second-order valence-electron chi connectivity index (χ2n) is 17.0. The van der Waals surface area contributed by atoms with Gasteiger partial charge in [-0.15, -0.1) is 0 Å². The van der Waals surface area contributed by atoms with Crippen LogP contribution in [0.4, 0.5) is 0 Å². The van der Waals surface area contributed by atoms with Crippen molar-refractivity contribution in [2.75, 3.05) is 0 Å². The summed E-state index contributed by atoms with van der Waals surface area (Å²) in [5, 5.41) is 2.83. The van der Waals surface area contributed by atoms with Gasteiger partial charge in [0.25, 0.3) is 0 Å². The van der Waals surface area contributed by atoms with Crippen molar-refractivity contribution >= 4 is 34.9 Å². The zero-order valence-electron chi connectivity index (χ0n) is 27.5. The van der Waals surface area contributed by atoms with E-state index in [1.165, 1.54) is 5.56 Å². The van der Waals surface area contributed by atoms with E-state index < -0.39 is 29.6 Å². The Labute approximate surface area is 229 Å². The lowest BCUT2D eigenvalue weighted by atomic mass is 10.2. The molecule has 1 aliphatic rings. The third-order valence-electron chi connectivity index (χ3n) is 11.6. The fourth-order valence-electron chi connectivity index (χ4n) is 9.43. The topological polar surface area (TPSA) is 12.4 Å². The second-order valence-corrected chi connectivity index (χ2v) is 53.3. The van der Waals surface area contributed by atoms with Crippen molar-refractivity contribution in [3.63, 3.8) is 0 Å². The lowest BCUT2D eigenvalue weighted by Crippen LogP contribution is -3.01. The molecule has 0 fully saturated rings. The summed E-state index contributed by atoms with van der Waals surface area (Å²) < 4.78 is 6.15. The molecular weight excluding hydrogens is 499 g/mol. The average Bonchev–Trinajstić information content (AvgIpc) is 2.64. The molecule has 0 aliphatic carbocycles. The van der Waals surface area contributed by atoms with Crippen LogP contribution in [0.2, 0.25) is 44.3 Å². The van der Waals surface area contributed by atoms with E-state index in [-0.39, 0.29) is 0 Å². The van der Waals surface area contributed by atoms with Gasteiger partial charge in [0.05, 0.1) is 15.2 Å². The van der Waals surface area contributed by atoms with E-state index in [2.05, 4.69) is 154 Å². The quantitative estimate of drug-likeness (QED) is 0.318. The van der Waals surface area contributed by atoms with E-state index in [1.54, 1.807) is 5.33 Å². The van der Waals surface area contributed by atoms with Crippen molar-refractivity contribution < 1.29 is 0 Å². The smallest absolute Gasteiger partial charge is 0.177 e. The fourth-order valence-corrected chi connectivity index (χ4v) is 123. The molecule has 0 aromatic heterocycles. The molecule has 0 bridgehead atoms. The summed E-state index contributed by atoms with van der Waals surface area (Å²) in [4.78, 5) is 0. The summed E-state index contributed by atoms with van der Waals surface area (Å²) in [6, 6.07) is 11.6. The van der Waals surface area contributed by atoms with Gasteiger partial charge in [0, 0.05) is 5.33 Å². The Morgan fingerprint density at radius 3 is 1.14 bits per heavy atom. The highest BCUT2D eigenvalue weighted by Crippen LogP contribution is 2.71. The van der Waals surface area contributed by atoms with Crippen LogP contribution in [-0.2, 0) is 0 Å². The zero-order chi connectivity index (χ0) is 28.6. The van der Waals surface area contributed by atoms with Gasteiger partial charge in [-0.05, 0) is 36.8 Å². The summed E-state index contributed by atoms with van der Waals surface area (Å²) in [6.45, 7) is 45.6. The van der Waals surface area contributed by atoms with Crippen LogP contribution in [0.1, 0.15) is 116 Å². The van der Waals surface area contributed by atoms with Crippen LogP contribution >= 0.6 is 0 Å². The molecule has 0 saturated heterocycles. The first-order valence-electron chi connectivity index (χ1n) is 14.5. The Hall–Kier alpha value is -0.242. The predicted octanol–water partition coefficient (Wildman–Crippen LogP) is 10.8. The third-order valence-corrected chi connectivity index (χ3v) is 86.0. The summed E-state index contributed by atoms with van der Waals surface area (Å²) >= 11 is 0. The van der Waals surface area contributed by atoms with Gasteiger partial charge in [0.1, 0.15) is 6.63 Å². The Balaban J connectivity index is 3.49. The van der Waals surface area contributed by atoms with Gasteiger partial charge in [-0.1, -0.05) is 154 Å². The van der Waals surface area contributed by atoms with E-state index in [0.29, 0.717) is 31.2 Å². The van der Waals surface area contributed by atoms with Crippen molar-refractivity contribution in [2.45, 2.75) is 155 Å². The number of hydrogen-bond acceptors (Lipinski definition) is 1. The van der Waals surface area contributed by atoms with Crippen LogP contribution in [0, 0.1) is 0 Å². The van der Waals surface area contributed by atoms with Gasteiger partial charge in [0.15, 0.2) is 7.75 Å². The summed E-state index contributed by atoms with van der Waals surface area (Å²) in [6.07, 6.45) is 0. The summed E-state index contributed by atoms with van der Waals surface area (Å²) in [5.74, 6) is 0. The Bertz CT molecular complexity index is 889. The zero-order valence-corrected chi connectivity index (χ0v) is 31.5. The minimum Gasteiger partial charge on any atom is -0.333 e. The van der Waals surface area contributed by atoms with E-state index in [1.807, 2.05) is 0 Å². The molecule has 0 spiro atoms. The van der Waals surface area contributed by atoms with E-state index in [0.717, 1.165) is 0 Å². The third kappa shape index (κ3) is 3.79. The molecule has 0 saturated carbocycles. The summed E-state index contributed by atoms with van der Waals surface area (Å²) in [5.41, 5.74) is 2.81. The van der Waals surface area contributed by atoms with Gasteiger partial charge in [-0.25, -0.2) is 0 Å². The van der Waals surface area contributed by atoms with Crippen molar-refractivity contribution in [3.8, 4) is 0 Å². The van der Waals surface area contributed by atoms with Crippen molar-refractivity contribution in [2.24, 2.45) is 4.66 Å². The molecule has 0 radical (unpaired) electrons. The Morgan fingerprint density at radius 1 is 0.583 bits per heavy atom. The van der Waals surface area contributed by atoms with Crippen LogP contribution in [0.3, 0.4) is 0 Å². The monoisotopic (exact) mass is 559 g/mol. The summed E-state index contributed by atoms with van der Waals surface area (Å²) in [7, 11) is -6.18. The van der Waals surface area contributed by atoms with Gasteiger partial charge >= 0.3 is 0 Å². The Kier molecular flexibility index (Phi) is 8.14. The largest absolute Gasteiger partial charge is 0.333 e. The molecule has 1 nitrogen and oxygen atoms in total. The van der Waals surface area contributed by atoms with Crippen LogP contribution in [0.5, 0.6) is 0 Å². The molecule has 0 atom stereocenters. The van der Waals surface area contributed by atoms with Gasteiger partial charge in [-0.3, -0.25) is 0 Å². The number of nitrogens with zero attached hydrogens (tertiary/aromatic N) is 1. The molecule has 0 unspecified atom stereocenters. The first-order chi connectivity index (χ1) is 15.8. The minimum absolute atomic E-state index is 0.292. The molecule has 206 valence electrons. The average molecular weight is 560 g/mol. The number of rotatable bonds is 5. The predicted molar refractivity (Wildman–Crippen MR) is 177 cm³/mol. The van der Waals surface area contributed by atoms with Crippen molar-refractivity contribution in [1.29, 1.82) is 0 Å². The highest BCUT2D eigenvalue weighted by molar-refractivity contribution is 8.01. The van der Waals surface area contributed by atoms with E-state index >= 15 is 0 Å². The van der Waals surface area contributed by atoms with E-state index in [9.17, 15) is 0 Å². The van der Waals surface area contributed by atoms with Crippen LogP contribution in [0.25, 0.3) is 0 Å². The molecule has 0 amide bonds. The maximum Gasteiger partial charge on any atom is 0.177 e. The fraction of sp³-hybridized carbons (Fsp3) is 0.774. The molecule has 1 aromatic rings. The second kappa shape index (κ2) is 9.16. The SMILES string of the molecule is CC(C)[Si]1(C(C)C)N=C(c2ccccc2)[Si]1([Si](C)(C(C)(C)C)C(C)(C)C)[Si](C)(C(C)(C)C)C(C)(C)C. The number of benzene rings is 1. The van der Waals surface area contributed by atoms with Crippen LogP contribution in [-0.4, -0.2) is 34.9 Å². The van der Waals surface area contributed by atoms with Crippen molar-refractivity contribution in [3.05, 3.63) is 35.9 Å². The molecular formula is C31H61NSi4. The molecule has 1 aliphatic heterocycles. The molecule has 36 heavy (non-hydrogen) atoms. The van der Waals surface area contributed by atoms with Gasteiger partial charge in [0.2, 0.25) is 0 Å². The van der Waals surface area contributed by atoms with Gasteiger partial charge < -0.3 is 4.66 Å². The first kappa shape index (κ1) is 32.0. The van der Waals surface area contributed by atoms with Crippen LogP contribution < -0.4 is 0 Å². The molecule has 0 N–H and O–H groups in total. The highest BCUT2D eigenvalue weighted by Gasteiger charge is 2.87. The lowest BCUT2D eigenvalue weighted by molar-refractivity contribution is 0.624. The normalized spacial score (nSPS) is 19.4. The molecule has 2 rings (SSSR count). The lowest BCUT2D eigenvalue weighted by Gasteiger charge is -2.78. The standard InChI is InChI=1S/C31H61NSi4/c1-24(2)35(25(3)4)32-27(26-22-20-19-21-23-26)36(35,33(17,28(5,6)7)29(8,9)10)34(18,30(11,12)13)31(14,15)16/h19-25H,1-18H3. The first-order valence-corrected chi connectivity index (χ1v) is 26.6. The number of hydrogen-bond donors (Lipinski definition) is 0. The van der Waals surface area contributed by atoms with Gasteiger partial charge in [-0.2, -0.15) is 0 Å².